The predicted octanol–water partition coefficient (Wildman–Crippen LogP) is 16.0. The molecule has 0 aliphatic rings. The highest BCUT2D eigenvalue weighted by Gasteiger charge is 2.19. The molecule has 0 radical (unpaired) electrons. The third-order valence-electron chi connectivity index (χ3n) is 10.1. The zero-order chi connectivity index (χ0) is 43.7. The van der Waals surface area contributed by atoms with E-state index >= 15 is 0 Å². The Hall–Kier alpha value is -3.41. The van der Waals surface area contributed by atoms with Crippen LogP contribution >= 0.6 is 0 Å². The van der Waals surface area contributed by atoms with E-state index in [0.717, 1.165) is 135 Å². The van der Waals surface area contributed by atoms with Gasteiger partial charge in [0.2, 0.25) is 0 Å². The Morgan fingerprint density at radius 1 is 0.350 bits per heavy atom. The molecule has 0 saturated heterocycles. The lowest BCUT2D eigenvalue weighted by atomic mass is 10.1. The van der Waals surface area contributed by atoms with Crippen LogP contribution in [0.1, 0.15) is 220 Å². The average Bonchev–Trinajstić information content (AvgIpc) is 3.24. The molecular weight excluding hydrogens is 745 g/mol. The van der Waals surface area contributed by atoms with Crippen molar-refractivity contribution in [1.29, 1.82) is 0 Å². The highest BCUT2D eigenvalue weighted by atomic mass is 16.6. The van der Waals surface area contributed by atoms with Gasteiger partial charge >= 0.3 is 17.9 Å². The molecule has 0 heterocycles. The van der Waals surface area contributed by atoms with Gasteiger partial charge in [-0.15, -0.1) is 0 Å². The van der Waals surface area contributed by atoms with Gasteiger partial charge in [0.05, 0.1) is 0 Å². The van der Waals surface area contributed by atoms with E-state index in [1.54, 1.807) is 0 Å². The summed E-state index contributed by atoms with van der Waals surface area (Å²) in [6.45, 7) is 6.34. The molecule has 0 aromatic rings. The van der Waals surface area contributed by atoms with E-state index in [2.05, 4.69) is 106 Å². The number of hydrogen-bond acceptors (Lipinski definition) is 6. The maximum Gasteiger partial charge on any atom is 0.306 e. The minimum absolute atomic E-state index is 0.0992. The minimum atomic E-state index is -0.799. The molecule has 0 fully saturated rings. The number of carbonyl (C=O) groups is 3. The van der Waals surface area contributed by atoms with Crippen LogP contribution in [0.2, 0.25) is 0 Å². The Morgan fingerprint density at radius 2 is 0.650 bits per heavy atom. The van der Waals surface area contributed by atoms with Crippen LogP contribution in [0, 0.1) is 0 Å². The summed E-state index contributed by atoms with van der Waals surface area (Å²) in [5.74, 6) is -0.957. The third-order valence-corrected chi connectivity index (χ3v) is 10.1. The maximum absolute atomic E-state index is 12.8. The quantitative estimate of drug-likeness (QED) is 0.0263. The molecule has 0 aromatic carbocycles. The van der Waals surface area contributed by atoms with Crippen molar-refractivity contribution in [2.24, 2.45) is 0 Å². The molecule has 6 nitrogen and oxygen atoms in total. The van der Waals surface area contributed by atoms with Crippen molar-refractivity contribution in [3.05, 3.63) is 85.1 Å². The van der Waals surface area contributed by atoms with E-state index in [1.807, 2.05) is 0 Å². The molecule has 0 saturated carbocycles. The van der Waals surface area contributed by atoms with Crippen molar-refractivity contribution in [2.75, 3.05) is 13.2 Å². The SMILES string of the molecule is CC/C=C\C/C=C\C/C=C\CCCCCCCC(=O)OCC(COC(=O)CCCCC/C=C\C/C=C\C/C=C\CC)OC(=O)CCCCCCC/C=C\CCCCCCC. The number of ether oxygens (including phenoxy) is 3. The second-order valence-electron chi connectivity index (χ2n) is 16.0. The fraction of sp³-hybridized carbons (Fsp3) is 0.685. The normalized spacial score (nSPS) is 12.8. The van der Waals surface area contributed by atoms with Crippen LogP contribution in [0.4, 0.5) is 0 Å². The first-order valence-electron chi connectivity index (χ1n) is 24.6. The van der Waals surface area contributed by atoms with Crippen LogP contribution in [0.25, 0.3) is 0 Å². The summed E-state index contributed by atoms with van der Waals surface area (Å²) in [6.07, 6.45) is 61.3. The molecule has 0 aliphatic carbocycles. The van der Waals surface area contributed by atoms with Gasteiger partial charge in [-0.1, -0.05) is 176 Å². The van der Waals surface area contributed by atoms with Gasteiger partial charge in [0.15, 0.2) is 6.10 Å². The number of hydrogen-bond donors (Lipinski definition) is 0. The van der Waals surface area contributed by atoms with Gasteiger partial charge in [0.1, 0.15) is 13.2 Å². The van der Waals surface area contributed by atoms with E-state index in [9.17, 15) is 14.4 Å². The molecule has 342 valence electrons. The smallest absolute Gasteiger partial charge is 0.306 e. The Labute approximate surface area is 369 Å². The molecule has 1 unspecified atom stereocenters. The van der Waals surface area contributed by atoms with E-state index in [0.29, 0.717) is 19.3 Å². The van der Waals surface area contributed by atoms with Crippen molar-refractivity contribution in [3.8, 4) is 0 Å². The molecule has 0 amide bonds. The Bertz CT molecular complexity index is 1190. The van der Waals surface area contributed by atoms with E-state index in [1.165, 1.54) is 44.9 Å². The summed E-state index contributed by atoms with van der Waals surface area (Å²) in [7, 11) is 0. The Kier molecular flexibility index (Phi) is 45.5. The molecule has 6 heteroatoms. The van der Waals surface area contributed by atoms with Gasteiger partial charge in [0, 0.05) is 19.3 Å². The number of carbonyl (C=O) groups excluding carboxylic acids is 3. The van der Waals surface area contributed by atoms with Crippen LogP contribution in [0.3, 0.4) is 0 Å². The summed E-state index contributed by atoms with van der Waals surface area (Å²) in [4.78, 5) is 37.9. The van der Waals surface area contributed by atoms with Gasteiger partial charge in [-0.05, 0) is 109 Å². The monoisotopic (exact) mass is 835 g/mol. The lowest BCUT2D eigenvalue weighted by Crippen LogP contribution is -2.30. The first-order chi connectivity index (χ1) is 29.5. The molecule has 0 N–H and O–H groups in total. The fourth-order valence-electron chi connectivity index (χ4n) is 6.46. The van der Waals surface area contributed by atoms with E-state index < -0.39 is 6.10 Å². The highest BCUT2D eigenvalue weighted by molar-refractivity contribution is 5.71. The average molecular weight is 835 g/mol. The van der Waals surface area contributed by atoms with Crippen LogP contribution in [-0.4, -0.2) is 37.2 Å². The molecule has 0 aliphatic heterocycles. The molecule has 1 atom stereocenters. The summed E-state index contributed by atoms with van der Waals surface area (Å²) in [5, 5.41) is 0. The van der Waals surface area contributed by atoms with Crippen molar-refractivity contribution >= 4 is 17.9 Å². The number of rotatable bonds is 43. The third kappa shape index (κ3) is 45.7. The molecule has 60 heavy (non-hydrogen) atoms. The van der Waals surface area contributed by atoms with Gasteiger partial charge in [-0.3, -0.25) is 14.4 Å². The molecule has 0 rings (SSSR count). The van der Waals surface area contributed by atoms with Gasteiger partial charge < -0.3 is 14.2 Å². The molecule has 0 aromatic heterocycles. The Morgan fingerprint density at radius 3 is 1.05 bits per heavy atom. The molecular formula is C54H90O6. The molecule has 0 spiro atoms. The van der Waals surface area contributed by atoms with Crippen LogP contribution in [-0.2, 0) is 28.6 Å². The number of unbranched alkanes of at least 4 members (excludes halogenated alkanes) is 18. The summed E-state index contributed by atoms with van der Waals surface area (Å²) >= 11 is 0. The van der Waals surface area contributed by atoms with Gasteiger partial charge in [-0.25, -0.2) is 0 Å². The van der Waals surface area contributed by atoms with Crippen molar-refractivity contribution in [3.63, 3.8) is 0 Å². The fourth-order valence-corrected chi connectivity index (χ4v) is 6.46. The molecule has 0 bridgehead atoms. The predicted molar refractivity (Wildman–Crippen MR) is 256 cm³/mol. The maximum atomic E-state index is 12.8. The lowest BCUT2D eigenvalue weighted by Gasteiger charge is -2.18. The summed E-state index contributed by atoms with van der Waals surface area (Å²) in [6, 6.07) is 0. The number of esters is 3. The van der Waals surface area contributed by atoms with Crippen LogP contribution < -0.4 is 0 Å². The first kappa shape index (κ1) is 56.6. The van der Waals surface area contributed by atoms with Crippen molar-refractivity contribution in [1.82, 2.24) is 0 Å². The van der Waals surface area contributed by atoms with E-state index in [-0.39, 0.29) is 31.1 Å². The van der Waals surface area contributed by atoms with Gasteiger partial charge in [0.25, 0.3) is 0 Å². The van der Waals surface area contributed by atoms with Crippen molar-refractivity contribution in [2.45, 2.75) is 226 Å². The zero-order valence-corrected chi connectivity index (χ0v) is 38.9. The number of allylic oxidation sites excluding steroid dienone is 14. The van der Waals surface area contributed by atoms with E-state index in [4.69, 9.17) is 14.2 Å². The minimum Gasteiger partial charge on any atom is -0.462 e. The first-order valence-corrected chi connectivity index (χ1v) is 24.6. The lowest BCUT2D eigenvalue weighted by molar-refractivity contribution is -0.167. The second-order valence-corrected chi connectivity index (χ2v) is 16.0. The highest BCUT2D eigenvalue weighted by Crippen LogP contribution is 2.13. The summed E-state index contributed by atoms with van der Waals surface area (Å²) in [5.41, 5.74) is 0. The topological polar surface area (TPSA) is 78.9 Å². The van der Waals surface area contributed by atoms with Crippen LogP contribution in [0.5, 0.6) is 0 Å². The summed E-state index contributed by atoms with van der Waals surface area (Å²) < 4.78 is 16.7. The largest absolute Gasteiger partial charge is 0.462 e. The van der Waals surface area contributed by atoms with Gasteiger partial charge in [-0.2, -0.15) is 0 Å². The Balaban J connectivity index is 4.47. The van der Waals surface area contributed by atoms with Crippen LogP contribution in [0.15, 0.2) is 85.1 Å². The van der Waals surface area contributed by atoms with Crippen molar-refractivity contribution < 1.29 is 28.6 Å². The second kappa shape index (κ2) is 48.3. The zero-order valence-electron chi connectivity index (χ0n) is 38.9. The standard InChI is InChI=1S/C54H90O6/c1-4-7-10-13-16-19-22-25-27-30-32-35-38-41-44-47-53(56)59-50-51(49-58-52(55)46-43-40-37-34-31-28-24-21-18-15-12-9-6-3)60-54(57)48-45-42-39-36-33-29-26-23-20-17-14-11-8-5-2/h7,9-10,12,16,18-19,21,23,25-28,31,51H,4-6,8,11,13-15,17,20,22,24,29-30,32-50H2,1-3H3/b10-7-,12-9-,19-16-,21-18-,26-23-,27-25-,31-28-.